The molecule has 0 spiro atoms. The van der Waals surface area contributed by atoms with Crippen LogP contribution in [0.15, 0.2) is 24.3 Å². The summed E-state index contributed by atoms with van der Waals surface area (Å²) in [7, 11) is -3.84. The molecule has 0 heterocycles. The molecule has 0 bridgehead atoms. The molecule has 100 valence electrons. The molecule has 0 saturated heterocycles. The number of hydrogen-bond donors (Lipinski definition) is 1. The summed E-state index contributed by atoms with van der Waals surface area (Å²) in [5.41, 5.74) is 1.50. The van der Waals surface area contributed by atoms with E-state index in [4.69, 9.17) is 5.14 Å². The zero-order valence-corrected chi connectivity index (χ0v) is 11.7. The number of nitrogens with two attached hydrogens (primary N) is 1. The summed E-state index contributed by atoms with van der Waals surface area (Å²) in [5, 5.41) is 3.91. The summed E-state index contributed by atoms with van der Waals surface area (Å²) in [6, 6.07) is 7.00. The second-order valence-electron chi connectivity index (χ2n) is 4.63. The monoisotopic (exact) mass is 269 g/mol. The highest BCUT2D eigenvalue weighted by molar-refractivity contribution is 7.90. The van der Waals surface area contributed by atoms with Crippen molar-refractivity contribution in [2.24, 2.45) is 5.14 Å². The standard InChI is InChI=1S/C13H19NO3S/c1-4-12(18(14,16)17)13(15)11-7-5-10(6-8-11)9(2)3/h5-9,12H,4H2,1-3H3,(H2,14,16,17). The average Bonchev–Trinajstić information content (AvgIpc) is 2.28. The van der Waals surface area contributed by atoms with Crippen LogP contribution in [0.5, 0.6) is 0 Å². The molecule has 1 aromatic rings. The molecule has 0 aliphatic rings. The molecule has 1 aromatic carbocycles. The molecule has 4 nitrogen and oxygen atoms in total. The molecular formula is C13H19NO3S. The molecule has 0 aromatic heterocycles. The van der Waals surface area contributed by atoms with Gasteiger partial charge in [-0.05, 0) is 17.9 Å². The third-order valence-electron chi connectivity index (χ3n) is 2.92. The van der Waals surface area contributed by atoms with Crippen molar-refractivity contribution in [2.75, 3.05) is 0 Å². The number of ketones is 1. The van der Waals surface area contributed by atoms with Crippen LogP contribution in [-0.2, 0) is 10.0 Å². The molecular weight excluding hydrogens is 250 g/mol. The summed E-state index contributed by atoms with van der Waals surface area (Å²) >= 11 is 0. The first-order chi connectivity index (χ1) is 8.27. The van der Waals surface area contributed by atoms with Gasteiger partial charge in [0, 0.05) is 5.56 Å². The number of rotatable bonds is 5. The van der Waals surface area contributed by atoms with E-state index in [1.54, 1.807) is 19.1 Å². The highest BCUT2D eigenvalue weighted by atomic mass is 32.2. The fourth-order valence-corrected chi connectivity index (χ4v) is 2.68. The molecule has 1 rings (SSSR count). The first-order valence-electron chi connectivity index (χ1n) is 5.93. The third-order valence-corrected chi connectivity index (χ3v) is 4.26. The number of Topliss-reactive ketones (excluding diaryl/α,β-unsaturated/α-hetero) is 1. The number of sulfonamides is 1. The number of primary sulfonamides is 1. The summed E-state index contributed by atoms with van der Waals surface area (Å²) in [6.45, 7) is 5.74. The minimum Gasteiger partial charge on any atom is -0.293 e. The summed E-state index contributed by atoms with van der Waals surface area (Å²) in [6.07, 6.45) is 0.184. The van der Waals surface area contributed by atoms with Crippen LogP contribution in [-0.4, -0.2) is 19.5 Å². The highest BCUT2D eigenvalue weighted by Gasteiger charge is 2.28. The smallest absolute Gasteiger partial charge is 0.219 e. The molecule has 5 heteroatoms. The van der Waals surface area contributed by atoms with Gasteiger partial charge in [-0.2, -0.15) is 0 Å². The van der Waals surface area contributed by atoms with E-state index in [1.807, 2.05) is 12.1 Å². The van der Waals surface area contributed by atoms with Crippen LogP contribution in [0.1, 0.15) is 49.0 Å². The number of benzene rings is 1. The Morgan fingerprint density at radius 1 is 1.22 bits per heavy atom. The van der Waals surface area contributed by atoms with Gasteiger partial charge >= 0.3 is 0 Å². The van der Waals surface area contributed by atoms with E-state index < -0.39 is 21.1 Å². The van der Waals surface area contributed by atoms with Gasteiger partial charge in [0.25, 0.3) is 0 Å². The van der Waals surface area contributed by atoms with Gasteiger partial charge < -0.3 is 0 Å². The maximum Gasteiger partial charge on any atom is 0.219 e. The van der Waals surface area contributed by atoms with Crippen molar-refractivity contribution in [1.29, 1.82) is 0 Å². The summed E-state index contributed by atoms with van der Waals surface area (Å²) in [5.74, 6) is -0.0651. The van der Waals surface area contributed by atoms with E-state index in [2.05, 4.69) is 13.8 Å². The van der Waals surface area contributed by atoms with Crippen LogP contribution in [0.25, 0.3) is 0 Å². The van der Waals surface area contributed by atoms with E-state index in [-0.39, 0.29) is 6.42 Å². The molecule has 0 radical (unpaired) electrons. The van der Waals surface area contributed by atoms with Gasteiger partial charge in [0.15, 0.2) is 5.78 Å². The van der Waals surface area contributed by atoms with Crippen molar-refractivity contribution < 1.29 is 13.2 Å². The van der Waals surface area contributed by atoms with Crippen molar-refractivity contribution in [1.82, 2.24) is 0 Å². The Balaban J connectivity index is 3.04. The quantitative estimate of drug-likeness (QED) is 0.831. The number of hydrogen-bond acceptors (Lipinski definition) is 3. The molecule has 0 aliphatic carbocycles. The largest absolute Gasteiger partial charge is 0.293 e. The average molecular weight is 269 g/mol. The molecule has 0 amide bonds. The SMILES string of the molecule is CCC(C(=O)c1ccc(C(C)C)cc1)S(N)(=O)=O. The Bertz CT molecular complexity index is 518. The minimum atomic E-state index is -3.84. The van der Waals surface area contributed by atoms with Gasteiger partial charge in [0.05, 0.1) is 0 Å². The van der Waals surface area contributed by atoms with Crippen LogP contribution >= 0.6 is 0 Å². The Morgan fingerprint density at radius 3 is 2.06 bits per heavy atom. The van der Waals surface area contributed by atoms with Crippen molar-refractivity contribution in [3.05, 3.63) is 35.4 Å². The Labute approximate surface area is 108 Å². The van der Waals surface area contributed by atoms with Crippen molar-refractivity contribution in [3.63, 3.8) is 0 Å². The van der Waals surface area contributed by atoms with E-state index in [0.29, 0.717) is 11.5 Å². The predicted molar refractivity (Wildman–Crippen MR) is 72.0 cm³/mol. The van der Waals surface area contributed by atoms with E-state index >= 15 is 0 Å². The van der Waals surface area contributed by atoms with Crippen molar-refractivity contribution >= 4 is 15.8 Å². The van der Waals surface area contributed by atoms with Gasteiger partial charge in [-0.1, -0.05) is 45.0 Å². The lowest BCUT2D eigenvalue weighted by molar-refractivity contribution is 0.0985. The normalized spacial score (nSPS) is 13.6. The lowest BCUT2D eigenvalue weighted by Crippen LogP contribution is -2.35. The van der Waals surface area contributed by atoms with Crippen LogP contribution < -0.4 is 5.14 Å². The second-order valence-corrected chi connectivity index (χ2v) is 6.37. The minimum absolute atomic E-state index is 0.184. The van der Waals surface area contributed by atoms with E-state index in [9.17, 15) is 13.2 Å². The molecule has 0 saturated carbocycles. The Hall–Kier alpha value is -1.20. The third kappa shape index (κ3) is 3.40. The molecule has 0 aliphatic heterocycles. The van der Waals surface area contributed by atoms with Crippen LogP contribution in [0, 0.1) is 0 Å². The lowest BCUT2D eigenvalue weighted by Gasteiger charge is -2.12. The van der Waals surface area contributed by atoms with Crippen LogP contribution in [0.4, 0.5) is 0 Å². The zero-order valence-electron chi connectivity index (χ0n) is 10.9. The number of carbonyl (C=O) groups excluding carboxylic acids is 1. The fraction of sp³-hybridized carbons (Fsp3) is 0.462. The van der Waals surface area contributed by atoms with Gasteiger partial charge in [-0.15, -0.1) is 0 Å². The first-order valence-corrected chi connectivity index (χ1v) is 7.54. The zero-order chi connectivity index (χ0) is 13.9. The van der Waals surface area contributed by atoms with Gasteiger partial charge in [-0.25, -0.2) is 13.6 Å². The molecule has 0 fully saturated rings. The second kappa shape index (κ2) is 5.63. The van der Waals surface area contributed by atoms with Crippen molar-refractivity contribution in [3.8, 4) is 0 Å². The summed E-state index contributed by atoms with van der Waals surface area (Å²) in [4.78, 5) is 12.0. The van der Waals surface area contributed by atoms with E-state index in [1.165, 1.54) is 0 Å². The molecule has 1 unspecified atom stereocenters. The topological polar surface area (TPSA) is 77.2 Å². The molecule has 2 N–H and O–H groups in total. The van der Waals surface area contributed by atoms with Gasteiger partial charge in [-0.3, -0.25) is 4.79 Å². The predicted octanol–water partition coefficient (Wildman–Crippen LogP) is 2.06. The Morgan fingerprint density at radius 2 is 1.72 bits per heavy atom. The fourth-order valence-electron chi connectivity index (χ4n) is 1.79. The van der Waals surface area contributed by atoms with Crippen molar-refractivity contribution in [2.45, 2.75) is 38.4 Å². The first kappa shape index (κ1) is 14.9. The maximum atomic E-state index is 12.0. The van der Waals surface area contributed by atoms with Crippen LogP contribution in [0.3, 0.4) is 0 Å². The lowest BCUT2D eigenvalue weighted by atomic mass is 9.99. The van der Waals surface area contributed by atoms with Gasteiger partial charge in [0.2, 0.25) is 10.0 Å². The van der Waals surface area contributed by atoms with E-state index in [0.717, 1.165) is 5.56 Å². The highest BCUT2D eigenvalue weighted by Crippen LogP contribution is 2.17. The number of carbonyl (C=O) groups is 1. The maximum absolute atomic E-state index is 12.0. The molecule has 1 atom stereocenters. The molecule has 18 heavy (non-hydrogen) atoms. The van der Waals surface area contributed by atoms with Gasteiger partial charge in [0.1, 0.15) is 5.25 Å². The Kier molecular flexibility index (Phi) is 4.65. The van der Waals surface area contributed by atoms with Crippen LogP contribution in [0.2, 0.25) is 0 Å². The summed E-state index contributed by atoms with van der Waals surface area (Å²) < 4.78 is 22.6.